The first kappa shape index (κ1) is 28.0. The molecule has 0 amide bonds. The SMILES string of the molecule is CCCCCCOc1cc(Br)c(OCCCCCCP(=O)(OCC)OCC)cc1Br. The Labute approximate surface area is 199 Å². The van der Waals surface area contributed by atoms with Crippen molar-refractivity contribution < 1.29 is 23.1 Å². The van der Waals surface area contributed by atoms with Crippen LogP contribution in [0.1, 0.15) is 72.1 Å². The van der Waals surface area contributed by atoms with Crippen molar-refractivity contribution in [3.63, 3.8) is 0 Å². The quantitative estimate of drug-likeness (QED) is 0.131. The minimum absolute atomic E-state index is 0.415. The lowest BCUT2D eigenvalue weighted by Gasteiger charge is -2.16. The number of hydrogen-bond donors (Lipinski definition) is 0. The van der Waals surface area contributed by atoms with Crippen LogP contribution in [0, 0.1) is 0 Å². The molecule has 0 heterocycles. The number of ether oxygens (including phenoxy) is 2. The first-order valence-corrected chi connectivity index (χ1v) is 14.4. The van der Waals surface area contributed by atoms with Gasteiger partial charge in [0.2, 0.25) is 0 Å². The van der Waals surface area contributed by atoms with Gasteiger partial charge in [-0.3, -0.25) is 4.57 Å². The van der Waals surface area contributed by atoms with Crippen LogP contribution in [-0.2, 0) is 13.6 Å². The van der Waals surface area contributed by atoms with Gasteiger partial charge in [0.05, 0.1) is 41.5 Å². The van der Waals surface area contributed by atoms with Crippen molar-refractivity contribution in [1.29, 1.82) is 0 Å². The van der Waals surface area contributed by atoms with Crippen LogP contribution in [0.3, 0.4) is 0 Å². The van der Waals surface area contributed by atoms with Gasteiger partial charge in [-0.25, -0.2) is 0 Å². The second-order valence-electron chi connectivity index (χ2n) is 7.05. The fraction of sp³-hybridized carbons (Fsp3) is 0.727. The number of benzene rings is 1. The highest BCUT2D eigenvalue weighted by Gasteiger charge is 2.22. The molecule has 0 bridgehead atoms. The number of hydrogen-bond acceptors (Lipinski definition) is 5. The maximum atomic E-state index is 12.4. The number of halogens is 2. The molecule has 0 unspecified atom stereocenters. The fourth-order valence-corrected chi connectivity index (χ4v) is 5.55. The van der Waals surface area contributed by atoms with E-state index in [9.17, 15) is 4.57 Å². The molecule has 1 rings (SSSR count). The Morgan fingerprint density at radius 1 is 0.733 bits per heavy atom. The van der Waals surface area contributed by atoms with Gasteiger partial charge in [-0.05, 0) is 77.1 Å². The third-order valence-electron chi connectivity index (χ3n) is 4.48. The normalized spacial score (nSPS) is 11.6. The molecule has 0 atom stereocenters. The molecule has 1 aromatic rings. The lowest BCUT2D eigenvalue weighted by molar-refractivity contribution is 0.219. The van der Waals surface area contributed by atoms with Crippen LogP contribution in [0.15, 0.2) is 21.1 Å². The van der Waals surface area contributed by atoms with Crippen LogP contribution in [0.25, 0.3) is 0 Å². The molecule has 0 aromatic heterocycles. The van der Waals surface area contributed by atoms with Crippen molar-refractivity contribution in [2.24, 2.45) is 0 Å². The fourth-order valence-electron chi connectivity index (χ4n) is 2.95. The summed E-state index contributed by atoms with van der Waals surface area (Å²) < 4.78 is 36.6. The summed E-state index contributed by atoms with van der Waals surface area (Å²) in [5.41, 5.74) is 0. The molecule has 174 valence electrons. The second kappa shape index (κ2) is 16.5. The van der Waals surface area contributed by atoms with E-state index in [1.54, 1.807) is 0 Å². The molecular formula is C22H37Br2O5P. The Morgan fingerprint density at radius 2 is 1.20 bits per heavy atom. The van der Waals surface area contributed by atoms with E-state index in [2.05, 4.69) is 38.8 Å². The van der Waals surface area contributed by atoms with Crippen LogP contribution in [-0.4, -0.2) is 32.6 Å². The van der Waals surface area contributed by atoms with E-state index in [1.165, 1.54) is 19.3 Å². The Morgan fingerprint density at radius 3 is 1.67 bits per heavy atom. The molecule has 0 saturated carbocycles. The highest BCUT2D eigenvalue weighted by atomic mass is 79.9. The molecular weight excluding hydrogens is 535 g/mol. The third kappa shape index (κ3) is 11.5. The molecule has 30 heavy (non-hydrogen) atoms. The Bertz CT molecular complexity index is 632. The molecule has 0 N–H and O–H groups in total. The molecule has 8 heteroatoms. The molecule has 0 aliphatic carbocycles. The average molecular weight is 572 g/mol. The molecule has 0 aliphatic heterocycles. The standard InChI is InChI=1S/C22H37Br2O5P/c1-4-7-8-11-14-26-21-17-20(24)22(18-19(21)23)27-15-12-9-10-13-16-30(25,28-5-2)29-6-3/h17-18H,4-16H2,1-3H3. The maximum absolute atomic E-state index is 12.4. The van der Waals surface area contributed by atoms with Gasteiger partial charge in [-0.1, -0.05) is 39.0 Å². The van der Waals surface area contributed by atoms with Crippen LogP contribution >= 0.6 is 39.5 Å². The Balaban J connectivity index is 2.29. The lowest BCUT2D eigenvalue weighted by atomic mass is 10.2. The monoisotopic (exact) mass is 570 g/mol. The summed E-state index contributed by atoms with van der Waals surface area (Å²) in [7, 11) is -2.91. The highest BCUT2D eigenvalue weighted by Crippen LogP contribution is 2.48. The minimum atomic E-state index is -2.91. The van der Waals surface area contributed by atoms with Crippen molar-refractivity contribution in [2.45, 2.75) is 72.1 Å². The molecule has 0 aliphatic rings. The smallest absolute Gasteiger partial charge is 0.330 e. The van der Waals surface area contributed by atoms with E-state index >= 15 is 0 Å². The van der Waals surface area contributed by atoms with Crippen molar-refractivity contribution in [3.05, 3.63) is 21.1 Å². The van der Waals surface area contributed by atoms with Crippen LogP contribution in [0.2, 0.25) is 0 Å². The van der Waals surface area contributed by atoms with Crippen molar-refractivity contribution in [3.8, 4) is 11.5 Å². The average Bonchev–Trinajstić information content (AvgIpc) is 2.70. The first-order chi connectivity index (χ1) is 14.5. The predicted molar refractivity (Wildman–Crippen MR) is 131 cm³/mol. The van der Waals surface area contributed by atoms with Crippen LogP contribution < -0.4 is 9.47 Å². The summed E-state index contributed by atoms with van der Waals surface area (Å²) in [5.74, 6) is 1.64. The van der Waals surface area contributed by atoms with E-state index in [0.29, 0.717) is 26.0 Å². The van der Waals surface area contributed by atoms with Crippen molar-refractivity contribution in [1.82, 2.24) is 0 Å². The van der Waals surface area contributed by atoms with E-state index in [4.69, 9.17) is 18.5 Å². The van der Waals surface area contributed by atoms with E-state index in [-0.39, 0.29) is 0 Å². The lowest BCUT2D eigenvalue weighted by Crippen LogP contribution is -2.02. The first-order valence-electron chi connectivity index (χ1n) is 11.1. The van der Waals surface area contributed by atoms with Gasteiger partial charge in [-0.2, -0.15) is 0 Å². The molecule has 0 saturated heterocycles. The maximum Gasteiger partial charge on any atom is 0.330 e. The summed E-state index contributed by atoms with van der Waals surface area (Å²) in [4.78, 5) is 0. The number of unbranched alkanes of at least 4 members (excludes halogenated alkanes) is 6. The van der Waals surface area contributed by atoms with E-state index in [0.717, 1.165) is 59.2 Å². The zero-order valence-electron chi connectivity index (χ0n) is 18.6. The van der Waals surface area contributed by atoms with Gasteiger partial charge in [0.1, 0.15) is 11.5 Å². The zero-order valence-corrected chi connectivity index (χ0v) is 22.7. The topological polar surface area (TPSA) is 54.0 Å². The summed E-state index contributed by atoms with van der Waals surface area (Å²) >= 11 is 7.15. The Hall–Kier alpha value is -0.0700. The van der Waals surface area contributed by atoms with Crippen LogP contribution in [0.4, 0.5) is 0 Å². The third-order valence-corrected chi connectivity index (χ3v) is 7.88. The summed E-state index contributed by atoms with van der Waals surface area (Å²) in [6.45, 7) is 8.08. The van der Waals surface area contributed by atoms with Gasteiger partial charge in [0, 0.05) is 0 Å². The summed E-state index contributed by atoms with van der Waals surface area (Å²) in [6.07, 6.45) is 8.98. The van der Waals surface area contributed by atoms with Gasteiger partial charge >= 0.3 is 7.60 Å². The summed E-state index contributed by atoms with van der Waals surface area (Å²) in [5, 5.41) is 0. The molecule has 0 radical (unpaired) electrons. The van der Waals surface area contributed by atoms with Crippen molar-refractivity contribution in [2.75, 3.05) is 32.6 Å². The minimum Gasteiger partial charge on any atom is -0.492 e. The van der Waals surface area contributed by atoms with Gasteiger partial charge in [-0.15, -0.1) is 0 Å². The molecule has 0 fully saturated rings. The molecule has 0 spiro atoms. The van der Waals surface area contributed by atoms with Gasteiger partial charge < -0.3 is 18.5 Å². The van der Waals surface area contributed by atoms with Gasteiger partial charge in [0.15, 0.2) is 0 Å². The second-order valence-corrected chi connectivity index (χ2v) is 10.9. The van der Waals surface area contributed by atoms with Crippen LogP contribution in [0.5, 0.6) is 11.5 Å². The molecule has 1 aromatic carbocycles. The number of rotatable bonds is 18. The Kier molecular flexibility index (Phi) is 15.4. The van der Waals surface area contributed by atoms with Gasteiger partial charge in [0.25, 0.3) is 0 Å². The zero-order chi connectivity index (χ0) is 22.2. The van der Waals surface area contributed by atoms with E-state index < -0.39 is 7.60 Å². The predicted octanol–water partition coefficient (Wildman–Crippen LogP) is 8.38. The summed E-state index contributed by atoms with van der Waals surface area (Å²) in [6, 6.07) is 3.91. The molecule has 5 nitrogen and oxygen atoms in total. The largest absolute Gasteiger partial charge is 0.492 e. The highest BCUT2D eigenvalue weighted by molar-refractivity contribution is 9.11. The van der Waals surface area contributed by atoms with Crippen molar-refractivity contribution >= 4 is 39.5 Å². The van der Waals surface area contributed by atoms with E-state index in [1.807, 2.05) is 26.0 Å².